The van der Waals surface area contributed by atoms with E-state index in [2.05, 4.69) is 0 Å². The number of rotatable bonds is 1. The SMILES string of the molecule is [2H]c1c([2H])c2c3c(c1OC)OC1([2H])C(=O)C([2H])([2H])C[C@@]4(O)[C@H](N(C([2H])([2H])[2H])CC[C@]314)C2([2H])[2H]. The number of piperidine rings is 1. The predicted octanol–water partition coefficient (Wildman–Crippen LogP) is 1.05. The van der Waals surface area contributed by atoms with Crippen molar-refractivity contribution >= 4 is 5.78 Å². The maximum absolute atomic E-state index is 13.3. The molecular weight excluding hydrogens is 294 g/mol. The van der Waals surface area contributed by atoms with Crippen molar-refractivity contribution in [2.24, 2.45) is 0 Å². The van der Waals surface area contributed by atoms with Crippen LogP contribution in [0.4, 0.5) is 0 Å². The van der Waals surface area contributed by atoms with E-state index in [0.29, 0.717) is 0 Å². The van der Waals surface area contributed by atoms with E-state index in [9.17, 15) is 9.90 Å². The molecule has 4 atom stereocenters. The molecule has 2 aliphatic carbocycles. The van der Waals surface area contributed by atoms with Crippen LogP contribution in [0.25, 0.3) is 0 Å². The third-order valence-electron chi connectivity index (χ3n) is 5.44. The van der Waals surface area contributed by atoms with Crippen LogP contribution in [0.1, 0.15) is 44.0 Å². The molecule has 2 bridgehead atoms. The Morgan fingerprint density at radius 2 is 2.48 bits per heavy atom. The molecule has 0 amide bonds. The van der Waals surface area contributed by atoms with Crippen LogP contribution in [-0.4, -0.2) is 54.1 Å². The van der Waals surface area contributed by atoms with Gasteiger partial charge in [-0.1, -0.05) is 6.04 Å². The smallest absolute Gasteiger partial charge is 0.174 e. The third kappa shape index (κ3) is 1.32. The standard InChI is InChI=1S/C18H21NO4/c1-19-8-7-17-14-10-3-4-12(22-2)15(14)23-16(17)11(20)5-6-18(17,21)13(19)9-10/h3-4,13,16,21H,5-9H2,1-2H3/t13-,16?,17+,18-/m1/s1/i1D3,3D,4D,5D2,9D2,16D. The molecule has 2 aliphatic heterocycles. The van der Waals surface area contributed by atoms with Crippen molar-refractivity contribution in [2.45, 2.75) is 48.7 Å². The number of likely N-dealkylation sites (tertiary alicyclic amines) is 1. The van der Waals surface area contributed by atoms with Gasteiger partial charge in [0, 0.05) is 27.6 Å². The molecule has 5 heteroatoms. The van der Waals surface area contributed by atoms with Crippen molar-refractivity contribution in [3.05, 3.63) is 23.2 Å². The van der Waals surface area contributed by atoms with E-state index in [1.807, 2.05) is 0 Å². The minimum absolute atomic E-state index is 0.187. The van der Waals surface area contributed by atoms with Crippen molar-refractivity contribution in [2.75, 3.05) is 20.6 Å². The van der Waals surface area contributed by atoms with Crippen molar-refractivity contribution in [1.29, 1.82) is 0 Å². The van der Waals surface area contributed by atoms with Crippen LogP contribution in [-0.2, 0) is 16.6 Å². The lowest BCUT2D eigenvalue weighted by atomic mass is 9.49. The average Bonchev–Trinajstić information content (AvgIpc) is 2.91. The molecule has 1 unspecified atom stereocenters. The highest BCUT2D eigenvalue weighted by molar-refractivity contribution is 5.90. The van der Waals surface area contributed by atoms with Crippen LogP contribution >= 0.6 is 0 Å². The number of carbonyl (C=O) groups is 1. The maximum atomic E-state index is 13.3. The highest BCUT2D eigenvalue weighted by atomic mass is 16.5. The van der Waals surface area contributed by atoms with Crippen LogP contribution in [0.3, 0.4) is 0 Å². The van der Waals surface area contributed by atoms with E-state index < -0.39 is 72.7 Å². The van der Waals surface area contributed by atoms with Crippen LogP contribution < -0.4 is 9.47 Å². The molecule has 0 aromatic heterocycles. The fraction of sp³-hybridized carbons (Fsp3) is 0.611. The number of aliphatic hydroxyl groups is 1. The van der Waals surface area contributed by atoms with Gasteiger partial charge in [0.1, 0.15) is 0 Å². The second-order valence-electron chi connectivity index (χ2n) is 6.30. The molecule has 1 aromatic rings. The van der Waals surface area contributed by atoms with E-state index in [4.69, 9.17) is 23.2 Å². The average molecular weight is 325 g/mol. The molecule has 1 saturated heterocycles. The number of benzene rings is 1. The largest absolute Gasteiger partial charge is 0.493 e. The Kier molecular flexibility index (Phi) is 1.26. The van der Waals surface area contributed by atoms with E-state index >= 15 is 0 Å². The van der Waals surface area contributed by atoms with Crippen molar-refractivity contribution < 1.29 is 33.1 Å². The molecule has 1 spiro atoms. The number of carbonyl (C=O) groups excluding carboxylic acids is 1. The van der Waals surface area contributed by atoms with Gasteiger partial charge in [-0.3, -0.25) is 4.79 Å². The van der Waals surface area contributed by atoms with Gasteiger partial charge in [0.05, 0.1) is 22.2 Å². The zero-order valence-electron chi connectivity index (χ0n) is 22.3. The number of Topliss-reactive ketones (excluding diaryl/α,β-unsaturated/α-hetero) is 1. The molecule has 5 rings (SSSR count). The van der Waals surface area contributed by atoms with Gasteiger partial charge >= 0.3 is 0 Å². The number of ketones is 1. The van der Waals surface area contributed by atoms with Crippen molar-refractivity contribution in [1.82, 2.24) is 4.90 Å². The molecule has 23 heavy (non-hydrogen) atoms. The molecule has 1 aromatic carbocycles. The second kappa shape index (κ2) is 4.08. The van der Waals surface area contributed by atoms with E-state index in [-0.39, 0.29) is 30.0 Å². The number of hydrogen-bond donors (Lipinski definition) is 1. The van der Waals surface area contributed by atoms with Crippen LogP contribution in [0.2, 0.25) is 0 Å². The summed E-state index contributed by atoms with van der Waals surface area (Å²) in [6, 6.07) is -3.17. The summed E-state index contributed by atoms with van der Waals surface area (Å²) in [6.07, 6.45) is -9.71. The molecular formula is C18H21NO4. The zero-order valence-corrected chi connectivity index (χ0v) is 12.3. The fourth-order valence-corrected chi connectivity index (χ4v) is 4.42. The minimum atomic E-state index is -2.91. The number of likely N-dealkylation sites (N-methyl/N-ethyl adjacent to an activating group) is 1. The molecule has 0 radical (unpaired) electrons. The first-order chi connectivity index (χ1) is 14.9. The highest BCUT2D eigenvalue weighted by Crippen LogP contribution is 2.64. The van der Waals surface area contributed by atoms with Crippen LogP contribution in [0, 0.1) is 0 Å². The lowest BCUT2D eigenvalue weighted by Crippen LogP contribution is -2.76. The number of hydrogen-bond acceptors (Lipinski definition) is 5. The summed E-state index contributed by atoms with van der Waals surface area (Å²) < 4.78 is 95.1. The molecule has 2 heterocycles. The Morgan fingerprint density at radius 3 is 3.26 bits per heavy atom. The summed E-state index contributed by atoms with van der Waals surface area (Å²) in [5.41, 5.74) is -5.27. The van der Waals surface area contributed by atoms with Gasteiger partial charge in [-0.15, -0.1) is 0 Å². The fourth-order valence-electron chi connectivity index (χ4n) is 4.42. The summed E-state index contributed by atoms with van der Waals surface area (Å²) >= 11 is 0. The van der Waals surface area contributed by atoms with Gasteiger partial charge in [0.25, 0.3) is 0 Å². The molecule has 1 N–H and O–H groups in total. The van der Waals surface area contributed by atoms with Crippen molar-refractivity contribution in [3.8, 4) is 11.5 Å². The number of ether oxygens (including phenoxy) is 2. The van der Waals surface area contributed by atoms with E-state index in [0.717, 1.165) is 4.90 Å². The Bertz CT molecular complexity index is 1120. The lowest BCUT2D eigenvalue weighted by Gasteiger charge is -2.62. The van der Waals surface area contributed by atoms with Crippen molar-refractivity contribution in [3.63, 3.8) is 0 Å². The van der Waals surface area contributed by atoms with Crippen LogP contribution in [0.5, 0.6) is 11.5 Å². The first-order valence-electron chi connectivity index (χ1n) is 12.4. The quantitative estimate of drug-likeness (QED) is 0.836. The van der Waals surface area contributed by atoms with Gasteiger partial charge in [-0.05, 0) is 44.3 Å². The monoisotopic (exact) mass is 325 g/mol. The first kappa shape index (κ1) is 7.11. The first-order valence-corrected chi connectivity index (χ1v) is 7.38. The van der Waals surface area contributed by atoms with Crippen LogP contribution in [0.15, 0.2) is 12.1 Å². The second-order valence-corrected chi connectivity index (χ2v) is 6.30. The minimum Gasteiger partial charge on any atom is -0.493 e. The highest BCUT2D eigenvalue weighted by Gasteiger charge is 2.72. The lowest BCUT2D eigenvalue weighted by molar-refractivity contribution is -0.185. The summed E-state index contributed by atoms with van der Waals surface area (Å²) in [5, 5.41) is 12.2. The van der Waals surface area contributed by atoms with Gasteiger partial charge < -0.3 is 19.5 Å². The van der Waals surface area contributed by atoms with E-state index in [1.165, 1.54) is 7.11 Å². The predicted molar refractivity (Wildman–Crippen MR) is 83.0 cm³/mol. The van der Waals surface area contributed by atoms with Gasteiger partial charge in [-0.2, -0.15) is 0 Å². The van der Waals surface area contributed by atoms with Gasteiger partial charge in [0.2, 0.25) is 0 Å². The topological polar surface area (TPSA) is 59.0 Å². The Balaban J connectivity index is 2.00. The van der Waals surface area contributed by atoms with Gasteiger partial charge in [-0.25, -0.2) is 0 Å². The number of nitrogens with zero attached hydrogens (tertiary/aromatic N) is 1. The molecule has 122 valence electrons. The molecule has 1 saturated carbocycles. The summed E-state index contributed by atoms with van der Waals surface area (Å²) in [5.74, 6) is -2.00. The Morgan fingerprint density at radius 1 is 1.61 bits per heavy atom. The molecule has 2 fully saturated rings. The summed E-state index contributed by atoms with van der Waals surface area (Å²) in [4.78, 5) is 14.0. The zero-order chi connectivity index (χ0) is 24.7. The molecule has 4 aliphatic rings. The maximum Gasteiger partial charge on any atom is 0.174 e. The number of methoxy groups -OCH3 is 1. The molecule has 5 nitrogen and oxygen atoms in total. The third-order valence-corrected chi connectivity index (χ3v) is 5.44. The summed E-state index contributed by atoms with van der Waals surface area (Å²) in [6.45, 7) is -3.26. The normalized spacial score (nSPS) is 55.0. The van der Waals surface area contributed by atoms with Gasteiger partial charge in [0.15, 0.2) is 23.4 Å². The van der Waals surface area contributed by atoms with E-state index in [1.54, 1.807) is 0 Å². The Labute approximate surface area is 149 Å². The summed E-state index contributed by atoms with van der Waals surface area (Å²) in [7, 11) is 1.17. The Hall–Kier alpha value is -1.59.